The minimum Gasteiger partial charge on any atom is -0.388 e. The second-order valence-corrected chi connectivity index (χ2v) is 7.79. The van der Waals surface area contributed by atoms with E-state index >= 15 is 0 Å². The van der Waals surface area contributed by atoms with Gasteiger partial charge in [-0.1, -0.05) is 54.6 Å². The average Bonchev–Trinajstić information content (AvgIpc) is 2.80. The van der Waals surface area contributed by atoms with Gasteiger partial charge in [0.1, 0.15) is 0 Å². The summed E-state index contributed by atoms with van der Waals surface area (Å²) in [4.78, 5) is 2.14. The van der Waals surface area contributed by atoms with Gasteiger partial charge < -0.3 is 15.5 Å². The van der Waals surface area contributed by atoms with Crippen molar-refractivity contribution in [1.82, 2.24) is 0 Å². The molecule has 0 saturated heterocycles. The predicted octanol–water partition coefficient (Wildman–Crippen LogP) is 6.17. The topological polar surface area (TPSA) is 27.3 Å². The van der Waals surface area contributed by atoms with Crippen LogP contribution in [0.4, 0.5) is 17.1 Å². The summed E-state index contributed by atoms with van der Waals surface area (Å²) < 4.78 is 0. The quantitative estimate of drug-likeness (QED) is 0.382. The Balaban J connectivity index is 1.92. The number of hydrogen-bond donors (Lipinski definition) is 2. The molecule has 4 aromatic rings. The van der Waals surface area contributed by atoms with Gasteiger partial charge in [-0.05, 0) is 52.4 Å². The fourth-order valence-electron chi connectivity index (χ4n) is 4.15. The lowest BCUT2D eigenvalue weighted by Crippen LogP contribution is -2.09. The lowest BCUT2D eigenvalue weighted by molar-refractivity contribution is 0.987. The molecule has 4 aromatic carbocycles. The molecule has 3 heteroatoms. The number of anilines is 3. The van der Waals surface area contributed by atoms with Gasteiger partial charge in [0.2, 0.25) is 0 Å². The van der Waals surface area contributed by atoms with E-state index in [4.69, 9.17) is 0 Å². The molecule has 0 saturated carbocycles. The Kier molecular flexibility index (Phi) is 5.62. The minimum absolute atomic E-state index is 0.155. The van der Waals surface area contributed by atoms with E-state index in [9.17, 15) is 0 Å². The van der Waals surface area contributed by atoms with Crippen molar-refractivity contribution in [3.05, 3.63) is 102 Å². The van der Waals surface area contributed by atoms with Crippen molar-refractivity contribution < 1.29 is 0 Å². The maximum absolute atomic E-state index is 3.34. The van der Waals surface area contributed by atoms with Crippen LogP contribution in [-0.2, 0) is 0 Å². The molecule has 0 bridgehead atoms. The molecule has 0 aliphatic carbocycles. The van der Waals surface area contributed by atoms with Gasteiger partial charge in [0.05, 0.1) is 0 Å². The molecular weight excluding hydrogens is 366 g/mol. The molecular formula is C27H29N3. The monoisotopic (exact) mass is 395 g/mol. The summed E-state index contributed by atoms with van der Waals surface area (Å²) >= 11 is 0. The van der Waals surface area contributed by atoms with Gasteiger partial charge >= 0.3 is 0 Å². The maximum Gasteiger partial charge on any atom is 0.0417 e. The molecule has 0 amide bonds. The van der Waals surface area contributed by atoms with Crippen LogP contribution in [0.25, 0.3) is 10.8 Å². The second-order valence-electron chi connectivity index (χ2n) is 7.79. The van der Waals surface area contributed by atoms with Crippen LogP contribution < -0.4 is 15.5 Å². The summed E-state index contributed by atoms with van der Waals surface area (Å²) in [6.45, 7) is 0. The molecule has 152 valence electrons. The lowest BCUT2D eigenvalue weighted by Gasteiger charge is -2.23. The number of hydrogen-bond acceptors (Lipinski definition) is 3. The molecule has 0 aliphatic heterocycles. The number of fused-ring (bicyclic) bond motifs is 1. The van der Waals surface area contributed by atoms with E-state index in [1.54, 1.807) is 0 Å². The molecule has 4 rings (SSSR count). The first-order valence-corrected chi connectivity index (χ1v) is 10.4. The Morgan fingerprint density at radius 1 is 0.633 bits per heavy atom. The van der Waals surface area contributed by atoms with Crippen LogP contribution in [0.3, 0.4) is 0 Å². The average molecular weight is 396 g/mol. The Labute approximate surface area is 179 Å². The van der Waals surface area contributed by atoms with Gasteiger partial charge in [-0.25, -0.2) is 0 Å². The van der Waals surface area contributed by atoms with E-state index in [0.717, 1.165) is 11.4 Å². The SMILES string of the molecule is CNc1ccc(C(c2ccc(N(C)C)cc2)c2ccc(NC)c3ccccc23)cc1. The van der Waals surface area contributed by atoms with Crippen LogP contribution >= 0.6 is 0 Å². The van der Waals surface area contributed by atoms with Gasteiger partial charge in [-0.2, -0.15) is 0 Å². The Hall–Kier alpha value is -3.46. The summed E-state index contributed by atoms with van der Waals surface area (Å²) in [7, 11) is 8.09. The first kappa shape index (κ1) is 19.8. The fourth-order valence-corrected chi connectivity index (χ4v) is 4.15. The van der Waals surface area contributed by atoms with Gasteiger partial charge in [0.15, 0.2) is 0 Å². The molecule has 0 aromatic heterocycles. The Morgan fingerprint density at radius 2 is 1.23 bits per heavy atom. The largest absolute Gasteiger partial charge is 0.388 e. The third-order valence-electron chi connectivity index (χ3n) is 5.81. The zero-order chi connectivity index (χ0) is 21.1. The van der Waals surface area contributed by atoms with E-state index in [0.29, 0.717) is 0 Å². The minimum atomic E-state index is 0.155. The van der Waals surface area contributed by atoms with Crippen molar-refractivity contribution in [1.29, 1.82) is 0 Å². The van der Waals surface area contributed by atoms with Crippen LogP contribution in [0, 0.1) is 0 Å². The second kappa shape index (κ2) is 8.50. The number of nitrogens with one attached hydrogen (secondary N) is 2. The zero-order valence-corrected chi connectivity index (χ0v) is 18.1. The molecule has 0 fully saturated rings. The van der Waals surface area contributed by atoms with Crippen LogP contribution in [0.5, 0.6) is 0 Å². The number of nitrogens with zero attached hydrogens (tertiary/aromatic N) is 1. The standard InChI is InChI=1S/C27H29N3/c1-28-21-13-9-19(10-14-21)27(20-11-15-22(16-12-20)30(3)4)25-17-18-26(29-2)24-8-6-5-7-23(24)25/h5-18,27-29H,1-4H3. The van der Waals surface area contributed by atoms with Crippen molar-refractivity contribution in [3.8, 4) is 0 Å². The van der Waals surface area contributed by atoms with Crippen LogP contribution in [0.1, 0.15) is 22.6 Å². The van der Waals surface area contributed by atoms with E-state index < -0.39 is 0 Å². The Morgan fingerprint density at radius 3 is 1.80 bits per heavy atom. The van der Waals surface area contributed by atoms with Gasteiger partial charge in [-0.3, -0.25) is 0 Å². The molecule has 1 unspecified atom stereocenters. The van der Waals surface area contributed by atoms with E-state index in [-0.39, 0.29) is 5.92 Å². The number of benzene rings is 4. The van der Waals surface area contributed by atoms with Crippen LogP contribution in [0.15, 0.2) is 84.9 Å². The highest BCUT2D eigenvalue weighted by atomic mass is 15.1. The maximum atomic E-state index is 3.34. The van der Waals surface area contributed by atoms with Gasteiger partial charge in [0.25, 0.3) is 0 Å². The molecule has 0 heterocycles. The normalized spacial score (nSPS) is 11.9. The van der Waals surface area contributed by atoms with Crippen molar-refractivity contribution in [2.24, 2.45) is 0 Å². The zero-order valence-electron chi connectivity index (χ0n) is 18.1. The number of rotatable bonds is 6. The van der Waals surface area contributed by atoms with E-state index in [2.05, 4.69) is 115 Å². The molecule has 2 N–H and O–H groups in total. The molecule has 1 atom stereocenters. The van der Waals surface area contributed by atoms with Crippen LogP contribution in [0.2, 0.25) is 0 Å². The summed E-state index contributed by atoms with van der Waals surface area (Å²) in [6.07, 6.45) is 0. The smallest absolute Gasteiger partial charge is 0.0417 e. The Bertz CT molecular complexity index is 1130. The predicted molar refractivity (Wildman–Crippen MR) is 131 cm³/mol. The highest BCUT2D eigenvalue weighted by Crippen LogP contribution is 2.39. The van der Waals surface area contributed by atoms with E-state index in [1.807, 2.05) is 14.1 Å². The van der Waals surface area contributed by atoms with Crippen molar-refractivity contribution in [3.63, 3.8) is 0 Å². The van der Waals surface area contributed by atoms with Gasteiger partial charge in [0, 0.05) is 56.6 Å². The highest BCUT2D eigenvalue weighted by molar-refractivity contribution is 5.97. The van der Waals surface area contributed by atoms with Gasteiger partial charge in [-0.15, -0.1) is 0 Å². The van der Waals surface area contributed by atoms with Crippen molar-refractivity contribution in [2.45, 2.75) is 5.92 Å². The summed E-state index contributed by atoms with van der Waals surface area (Å²) in [5, 5.41) is 9.09. The molecule has 0 aliphatic rings. The summed E-state index contributed by atoms with van der Waals surface area (Å²) in [6, 6.07) is 30.8. The fraction of sp³-hybridized carbons (Fsp3) is 0.185. The first-order valence-electron chi connectivity index (χ1n) is 10.4. The lowest BCUT2D eigenvalue weighted by atomic mass is 9.82. The third-order valence-corrected chi connectivity index (χ3v) is 5.81. The van der Waals surface area contributed by atoms with Crippen LogP contribution in [-0.4, -0.2) is 28.2 Å². The van der Waals surface area contributed by atoms with Crippen molar-refractivity contribution in [2.75, 3.05) is 43.7 Å². The first-order chi connectivity index (χ1) is 14.6. The third kappa shape index (κ3) is 3.71. The summed E-state index contributed by atoms with van der Waals surface area (Å²) in [5.41, 5.74) is 7.38. The molecule has 0 radical (unpaired) electrons. The molecule has 30 heavy (non-hydrogen) atoms. The van der Waals surface area contributed by atoms with Crippen molar-refractivity contribution >= 4 is 27.8 Å². The van der Waals surface area contributed by atoms with E-state index in [1.165, 1.54) is 33.2 Å². The highest BCUT2D eigenvalue weighted by Gasteiger charge is 2.20. The molecule has 0 spiro atoms. The molecule has 3 nitrogen and oxygen atoms in total. The summed E-state index contributed by atoms with van der Waals surface area (Å²) in [5.74, 6) is 0.155.